The number of thiocarbonyl (C=S) groups is 1. The van der Waals surface area contributed by atoms with E-state index in [1.165, 1.54) is 31.3 Å². The van der Waals surface area contributed by atoms with Crippen LogP contribution >= 0.6 is 24.0 Å². The summed E-state index contributed by atoms with van der Waals surface area (Å²) >= 11 is 6.43. The van der Waals surface area contributed by atoms with Gasteiger partial charge in [-0.25, -0.2) is 0 Å². The van der Waals surface area contributed by atoms with Crippen molar-refractivity contribution < 1.29 is 19.2 Å². The first-order valence-corrected chi connectivity index (χ1v) is 8.92. The Labute approximate surface area is 164 Å². The molecule has 1 aliphatic rings. The van der Waals surface area contributed by atoms with Crippen molar-refractivity contribution in [2.45, 2.75) is 0 Å². The lowest BCUT2D eigenvalue weighted by molar-refractivity contribution is -0.385. The zero-order valence-electron chi connectivity index (χ0n) is 14.4. The third-order valence-electron chi connectivity index (χ3n) is 3.84. The first kappa shape index (κ1) is 18.9. The van der Waals surface area contributed by atoms with E-state index in [1.807, 2.05) is 0 Å². The Bertz CT molecular complexity index is 974. The second-order valence-corrected chi connectivity index (χ2v) is 7.05. The Morgan fingerprint density at radius 2 is 1.93 bits per heavy atom. The Hall–Kier alpha value is -2.91. The lowest BCUT2D eigenvalue weighted by atomic mass is 10.1. The molecule has 0 spiro atoms. The molecule has 7 nitrogen and oxygen atoms in total. The maximum Gasteiger partial charge on any atom is 0.276 e. The van der Waals surface area contributed by atoms with Crippen LogP contribution in [0, 0.1) is 10.1 Å². The number of hydrogen-bond acceptors (Lipinski definition) is 7. The third-order valence-corrected chi connectivity index (χ3v) is 5.14. The number of amides is 1. The van der Waals surface area contributed by atoms with Gasteiger partial charge in [-0.15, -0.1) is 0 Å². The molecule has 2 aromatic carbocycles. The summed E-state index contributed by atoms with van der Waals surface area (Å²) in [4.78, 5) is 25.3. The lowest BCUT2D eigenvalue weighted by Crippen LogP contribution is -2.27. The zero-order chi connectivity index (χ0) is 19.6. The number of anilines is 1. The fourth-order valence-electron chi connectivity index (χ4n) is 2.56. The first-order valence-electron chi connectivity index (χ1n) is 7.69. The number of hydrogen-bond donors (Lipinski definition) is 0. The van der Waals surface area contributed by atoms with Gasteiger partial charge >= 0.3 is 0 Å². The summed E-state index contributed by atoms with van der Waals surface area (Å²) in [5, 5.41) is 11.2. The summed E-state index contributed by atoms with van der Waals surface area (Å²) in [7, 11) is 3.02. The Balaban J connectivity index is 2.01. The molecule has 1 amide bonds. The van der Waals surface area contributed by atoms with E-state index in [0.29, 0.717) is 32.0 Å². The molecule has 0 N–H and O–H groups in total. The number of benzene rings is 2. The third kappa shape index (κ3) is 3.64. The second-order valence-electron chi connectivity index (χ2n) is 5.37. The molecule has 3 rings (SSSR count). The van der Waals surface area contributed by atoms with Crippen molar-refractivity contribution in [1.29, 1.82) is 0 Å². The van der Waals surface area contributed by atoms with Gasteiger partial charge in [-0.05, 0) is 24.3 Å². The van der Waals surface area contributed by atoms with Gasteiger partial charge in [0.05, 0.1) is 35.3 Å². The molecule has 27 heavy (non-hydrogen) atoms. The Morgan fingerprint density at radius 1 is 1.19 bits per heavy atom. The molecule has 1 heterocycles. The molecule has 0 radical (unpaired) electrons. The minimum absolute atomic E-state index is 0.0789. The van der Waals surface area contributed by atoms with Crippen LogP contribution in [0.5, 0.6) is 11.5 Å². The maximum absolute atomic E-state index is 12.9. The Morgan fingerprint density at radius 3 is 2.59 bits per heavy atom. The summed E-state index contributed by atoms with van der Waals surface area (Å²) in [6.07, 6.45) is 1.48. The van der Waals surface area contributed by atoms with E-state index in [0.717, 1.165) is 11.8 Å². The van der Waals surface area contributed by atoms with Gasteiger partial charge in [0.25, 0.3) is 11.6 Å². The lowest BCUT2D eigenvalue weighted by Gasteiger charge is -2.18. The fraction of sp³-hybridized carbons (Fsp3) is 0.111. The van der Waals surface area contributed by atoms with Gasteiger partial charge < -0.3 is 9.47 Å². The number of thioether (sulfide) groups is 1. The standard InChI is InChI=1S/C18H14N2O5S2/c1-24-12-7-8-14(15(10-12)25-2)19-17(21)16(27-18(19)26)9-11-5-3-4-6-13(11)20(22)23/h3-10H,1-2H3. The van der Waals surface area contributed by atoms with Gasteiger partial charge in [-0.2, -0.15) is 0 Å². The fourth-order valence-corrected chi connectivity index (χ4v) is 3.84. The van der Waals surface area contributed by atoms with Crippen LogP contribution in [0.3, 0.4) is 0 Å². The van der Waals surface area contributed by atoms with E-state index in [1.54, 1.807) is 36.4 Å². The second kappa shape index (κ2) is 7.77. The van der Waals surface area contributed by atoms with E-state index >= 15 is 0 Å². The highest BCUT2D eigenvalue weighted by atomic mass is 32.2. The van der Waals surface area contributed by atoms with Gasteiger partial charge in [0.2, 0.25) is 0 Å². The number of methoxy groups -OCH3 is 2. The van der Waals surface area contributed by atoms with Crippen LogP contribution in [0.25, 0.3) is 6.08 Å². The molecule has 2 aromatic rings. The summed E-state index contributed by atoms with van der Waals surface area (Å²) in [5.41, 5.74) is 0.737. The van der Waals surface area contributed by atoms with Crippen molar-refractivity contribution >= 4 is 51.7 Å². The Kier molecular flexibility index (Phi) is 5.43. The molecule has 0 bridgehead atoms. The molecular weight excluding hydrogens is 388 g/mol. The molecule has 9 heteroatoms. The van der Waals surface area contributed by atoms with Crippen molar-refractivity contribution in [3.8, 4) is 11.5 Å². The molecule has 1 fully saturated rings. The van der Waals surface area contributed by atoms with Crippen molar-refractivity contribution in [3.05, 3.63) is 63.0 Å². The van der Waals surface area contributed by atoms with E-state index < -0.39 is 4.92 Å². The molecule has 1 saturated heterocycles. The molecule has 0 saturated carbocycles. The van der Waals surface area contributed by atoms with Crippen LogP contribution in [-0.2, 0) is 4.79 Å². The van der Waals surface area contributed by atoms with Crippen LogP contribution in [0.1, 0.15) is 5.56 Å². The predicted molar refractivity (Wildman–Crippen MR) is 108 cm³/mol. The molecule has 0 atom stereocenters. The van der Waals surface area contributed by atoms with E-state index in [2.05, 4.69) is 0 Å². The largest absolute Gasteiger partial charge is 0.497 e. The van der Waals surface area contributed by atoms with Gasteiger partial charge in [0, 0.05) is 12.1 Å². The van der Waals surface area contributed by atoms with Crippen LogP contribution in [0.15, 0.2) is 47.4 Å². The van der Waals surface area contributed by atoms with E-state index in [4.69, 9.17) is 21.7 Å². The number of rotatable bonds is 5. The van der Waals surface area contributed by atoms with Gasteiger partial charge in [0.1, 0.15) is 11.5 Å². The van der Waals surface area contributed by atoms with Gasteiger partial charge in [0.15, 0.2) is 4.32 Å². The highest BCUT2D eigenvalue weighted by Crippen LogP contribution is 2.41. The SMILES string of the molecule is COc1ccc(N2C(=O)C(=Cc3ccccc3[N+](=O)[O-])SC2=S)c(OC)c1. The number of nitro benzene ring substituents is 1. The molecule has 0 aromatic heterocycles. The average Bonchev–Trinajstić information content (AvgIpc) is 2.94. The van der Waals surface area contributed by atoms with Gasteiger partial charge in [-0.1, -0.05) is 36.1 Å². The first-order chi connectivity index (χ1) is 13.0. The smallest absolute Gasteiger partial charge is 0.276 e. The summed E-state index contributed by atoms with van der Waals surface area (Å²) in [6, 6.07) is 11.2. The van der Waals surface area contributed by atoms with E-state index in [-0.39, 0.29) is 11.6 Å². The predicted octanol–water partition coefficient (Wildman–Crippen LogP) is 4.02. The summed E-state index contributed by atoms with van der Waals surface area (Å²) < 4.78 is 10.8. The molecular formula is C18H14N2O5S2. The minimum atomic E-state index is -0.487. The van der Waals surface area contributed by atoms with Crippen molar-refractivity contribution in [2.75, 3.05) is 19.1 Å². The summed E-state index contributed by atoms with van der Waals surface area (Å²) in [6.45, 7) is 0. The zero-order valence-corrected chi connectivity index (χ0v) is 16.0. The van der Waals surface area contributed by atoms with Crippen LogP contribution in [0.2, 0.25) is 0 Å². The van der Waals surface area contributed by atoms with Crippen molar-refractivity contribution in [2.24, 2.45) is 0 Å². The highest BCUT2D eigenvalue weighted by Gasteiger charge is 2.35. The minimum Gasteiger partial charge on any atom is -0.497 e. The quantitative estimate of drug-likeness (QED) is 0.323. The average molecular weight is 402 g/mol. The van der Waals surface area contributed by atoms with Crippen molar-refractivity contribution in [3.63, 3.8) is 0 Å². The van der Waals surface area contributed by atoms with Crippen molar-refractivity contribution in [1.82, 2.24) is 0 Å². The summed E-state index contributed by atoms with van der Waals surface area (Å²) in [5.74, 6) is 0.640. The topological polar surface area (TPSA) is 81.9 Å². The van der Waals surface area contributed by atoms with E-state index in [9.17, 15) is 14.9 Å². The highest BCUT2D eigenvalue weighted by molar-refractivity contribution is 8.27. The monoisotopic (exact) mass is 402 g/mol. The van der Waals surface area contributed by atoms with Crippen LogP contribution in [0.4, 0.5) is 11.4 Å². The number of nitro groups is 1. The molecule has 0 aliphatic carbocycles. The van der Waals surface area contributed by atoms with Crippen LogP contribution < -0.4 is 14.4 Å². The normalized spacial score (nSPS) is 15.3. The van der Waals surface area contributed by atoms with Gasteiger partial charge in [-0.3, -0.25) is 19.8 Å². The molecule has 1 aliphatic heterocycles. The molecule has 0 unspecified atom stereocenters. The van der Waals surface area contributed by atoms with Crippen LogP contribution in [-0.4, -0.2) is 29.4 Å². The maximum atomic E-state index is 12.9. The number of nitrogens with zero attached hydrogens (tertiary/aromatic N) is 2. The number of carbonyl (C=O) groups excluding carboxylic acids is 1. The number of para-hydroxylation sites is 1. The number of carbonyl (C=O) groups is 1. The molecule has 138 valence electrons. The number of ether oxygens (including phenoxy) is 2.